The third-order valence-corrected chi connectivity index (χ3v) is 5.74. The molecule has 1 heterocycles. The van der Waals surface area contributed by atoms with E-state index in [4.69, 9.17) is 16.2 Å². The van der Waals surface area contributed by atoms with Gasteiger partial charge >= 0.3 is 0 Å². The average Bonchev–Trinajstić information content (AvgIpc) is 2.71. The number of nitrogens with zero attached hydrogens (tertiary/aromatic N) is 2. The van der Waals surface area contributed by atoms with Crippen molar-refractivity contribution < 1.29 is 4.74 Å². The van der Waals surface area contributed by atoms with Crippen molar-refractivity contribution in [2.75, 3.05) is 6.54 Å². The van der Waals surface area contributed by atoms with E-state index in [9.17, 15) is 0 Å². The van der Waals surface area contributed by atoms with Gasteiger partial charge in [-0.2, -0.15) is 0 Å². The van der Waals surface area contributed by atoms with E-state index >= 15 is 0 Å². The molecule has 4 rings (SSSR count). The van der Waals surface area contributed by atoms with Gasteiger partial charge in [0.05, 0.1) is 5.69 Å². The van der Waals surface area contributed by atoms with Crippen LogP contribution < -0.4 is 16.2 Å². The Kier molecular flexibility index (Phi) is 5.30. The number of benzene rings is 2. The Morgan fingerprint density at radius 2 is 1.81 bits per heavy atom. The molecular weight excluding hydrogens is 336 g/mol. The van der Waals surface area contributed by atoms with Gasteiger partial charge in [0, 0.05) is 24.7 Å². The number of para-hydroxylation sites is 1. The van der Waals surface area contributed by atoms with E-state index in [1.54, 1.807) is 0 Å². The molecule has 2 aromatic carbocycles. The third kappa shape index (κ3) is 3.93. The fourth-order valence-corrected chi connectivity index (χ4v) is 4.32. The van der Waals surface area contributed by atoms with Crippen molar-refractivity contribution in [1.29, 1.82) is 0 Å². The number of fused-ring (bicyclic) bond motifs is 1. The van der Waals surface area contributed by atoms with Crippen LogP contribution in [0.2, 0.25) is 0 Å². The highest BCUT2D eigenvalue weighted by Crippen LogP contribution is 2.35. The maximum atomic E-state index is 6.33. The molecule has 1 aliphatic carbocycles. The second-order valence-corrected chi connectivity index (χ2v) is 7.50. The zero-order valence-corrected chi connectivity index (χ0v) is 15.7. The normalized spacial score (nSPS) is 18.6. The third-order valence-electron chi connectivity index (χ3n) is 5.74. The molecule has 0 amide bonds. The first-order chi connectivity index (χ1) is 13.2. The molecule has 1 aliphatic heterocycles. The van der Waals surface area contributed by atoms with Crippen LogP contribution in [0.5, 0.6) is 11.5 Å². The minimum Gasteiger partial charge on any atom is -0.457 e. The Morgan fingerprint density at radius 3 is 2.56 bits per heavy atom. The lowest BCUT2D eigenvalue weighted by atomic mass is 9.83. The molecule has 0 aromatic heterocycles. The Bertz CT molecular complexity index is 799. The topological polar surface area (TPSA) is 76.9 Å². The maximum Gasteiger partial charge on any atom is 0.197 e. The van der Waals surface area contributed by atoms with Gasteiger partial charge in [-0.15, -0.1) is 0 Å². The lowest BCUT2D eigenvalue weighted by molar-refractivity contribution is 0.179. The summed E-state index contributed by atoms with van der Waals surface area (Å²) >= 11 is 0. The molecule has 0 bridgehead atoms. The average molecular weight is 364 g/mol. The number of guanidine groups is 1. The van der Waals surface area contributed by atoms with Gasteiger partial charge in [0.15, 0.2) is 5.96 Å². The SMILES string of the molecule is NC[C@@H](C1CCCCC1)N1Cc2cc(Oc3ccccc3)ccc2N=C1N. The Hall–Kier alpha value is -2.53. The van der Waals surface area contributed by atoms with Gasteiger partial charge in [0.1, 0.15) is 11.5 Å². The van der Waals surface area contributed by atoms with E-state index in [0.717, 1.165) is 29.3 Å². The van der Waals surface area contributed by atoms with Gasteiger partial charge in [-0.25, -0.2) is 4.99 Å². The maximum absolute atomic E-state index is 6.33. The molecule has 1 saturated carbocycles. The van der Waals surface area contributed by atoms with Crippen LogP contribution in [0.4, 0.5) is 5.69 Å². The number of hydrogen-bond donors (Lipinski definition) is 2. The van der Waals surface area contributed by atoms with Gasteiger partial charge in [0.2, 0.25) is 0 Å². The predicted molar refractivity (Wildman–Crippen MR) is 109 cm³/mol. The smallest absolute Gasteiger partial charge is 0.197 e. The summed E-state index contributed by atoms with van der Waals surface area (Å²) in [5, 5.41) is 0. The molecule has 0 radical (unpaired) electrons. The first-order valence-electron chi connectivity index (χ1n) is 9.91. The fraction of sp³-hybridized carbons (Fsp3) is 0.409. The van der Waals surface area contributed by atoms with Crippen LogP contribution in [0.25, 0.3) is 0 Å². The quantitative estimate of drug-likeness (QED) is 0.835. The van der Waals surface area contributed by atoms with Gasteiger partial charge in [0.25, 0.3) is 0 Å². The van der Waals surface area contributed by atoms with E-state index in [1.807, 2.05) is 42.5 Å². The molecular formula is C22H28N4O. The molecule has 27 heavy (non-hydrogen) atoms. The summed E-state index contributed by atoms with van der Waals surface area (Å²) in [4.78, 5) is 6.85. The molecule has 5 heteroatoms. The lowest BCUT2D eigenvalue weighted by Gasteiger charge is -2.40. The molecule has 142 valence electrons. The van der Waals surface area contributed by atoms with Crippen molar-refractivity contribution >= 4 is 11.6 Å². The first-order valence-corrected chi connectivity index (χ1v) is 9.91. The largest absolute Gasteiger partial charge is 0.457 e. The second-order valence-electron chi connectivity index (χ2n) is 7.50. The van der Waals surface area contributed by atoms with Crippen molar-refractivity contribution in [3.63, 3.8) is 0 Å². The minimum atomic E-state index is 0.251. The van der Waals surface area contributed by atoms with Crippen LogP contribution >= 0.6 is 0 Å². The van der Waals surface area contributed by atoms with Gasteiger partial charge < -0.3 is 21.1 Å². The fourth-order valence-electron chi connectivity index (χ4n) is 4.32. The highest BCUT2D eigenvalue weighted by atomic mass is 16.5. The number of aliphatic imine (C=N–C) groups is 1. The number of ether oxygens (including phenoxy) is 1. The number of nitrogens with two attached hydrogens (primary N) is 2. The van der Waals surface area contributed by atoms with Crippen molar-refractivity contribution in [3.05, 3.63) is 54.1 Å². The molecule has 1 fully saturated rings. The monoisotopic (exact) mass is 364 g/mol. The summed E-state index contributed by atoms with van der Waals surface area (Å²) in [6, 6.07) is 16.1. The molecule has 2 aliphatic rings. The molecule has 2 aromatic rings. The molecule has 5 nitrogen and oxygen atoms in total. The molecule has 0 saturated heterocycles. The predicted octanol–water partition coefficient (Wildman–Crippen LogP) is 4.15. The Morgan fingerprint density at radius 1 is 1.04 bits per heavy atom. The minimum absolute atomic E-state index is 0.251. The van der Waals surface area contributed by atoms with Crippen molar-refractivity contribution in [3.8, 4) is 11.5 Å². The van der Waals surface area contributed by atoms with Crippen molar-refractivity contribution in [2.24, 2.45) is 22.4 Å². The molecule has 1 atom stereocenters. The second kappa shape index (κ2) is 8.01. The summed E-state index contributed by atoms with van der Waals surface area (Å²) in [5.74, 6) is 2.83. The van der Waals surface area contributed by atoms with Crippen molar-refractivity contribution in [1.82, 2.24) is 4.90 Å². The Balaban J connectivity index is 1.55. The molecule has 4 N–H and O–H groups in total. The van der Waals surface area contributed by atoms with Crippen LogP contribution in [-0.4, -0.2) is 23.4 Å². The lowest BCUT2D eigenvalue weighted by Crippen LogP contribution is -2.52. The summed E-state index contributed by atoms with van der Waals surface area (Å²) in [5.41, 5.74) is 14.6. The Labute approximate surface area is 161 Å². The van der Waals surface area contributed by atoms with Crippen LogP contribution in [0.15, 0.2) is 53.5 Å². The van der Waals surface area contributed by atoms with E-state index in [2.05, 4.69) is 16.0 Å². The van der Waals surface area contributed by atoms with Gasteiger partial charge in [-0.3, -0.25) is 0 Å². The number of hydrogen-bond acceptors (Lipinski definition) is 5. The summed E-state index contributed by atoms with van der Waals surface area (Å²) in [7, 11) is 0. The van der Waals surface area contributed by atoms with Crippen LogP contribution in [0.1, 0.15) is 37.7 Å². The first kappa shape index (κ1) is 17.9. The van der Waals surface area contributed by atoms with Gasteiger partial charge in [-0.1, -0.05) is 37.5 Å². The van der Waals surface area contributed by atoms with Crippen LogP contribution in [-0.2, 0) is 6.54 Å². The zero-order chi connectivity index (χ0) is 18.6. The van der Waals surface area contributed by atoms with E-state index < -0.39 is 0 Å². The van der Waals surface area contributed by atoms with Gasteiger partial charge in [-0.05, 0) is 49.1 Å². The summed E-state index contributed by atoms with van der Waals surface area (Å²) < 4.78 is 5.99. The van der Waals surface area contributed by atoms with E-state index in [-0.39, 0.29) is 6.04 Å². The van der Waals surface area contributed by atoms with E-state index in [1.165, 1.54) is 32.1 Å². The van der Waals surface area contributed by atoms with Crippen LogP contribution in [0, 0.1) is 5.92 Å². The number of rotatable bonds is 5. The molecule has 0 unspecified atom stereocenters. The highest BCUT2D eigenvalue weighted by molar-refractivity contribution is 5.84. The van der Waals surface area contributed by atoms with Crippen LogP contribution in [0.3, 0.4) is 0 Å². The van der Waals surface area contributed by atoms with E-state index in [0.29, 0.717) is 18.4 Å². The zero-order valence-electron chi connectivity index (χ0n) is 15.7. The van der Waals surface area contributed by atoms with Crippen molar-refractivity contribution in [2.45, 2.75) is 44.7 Å². The highest BCUT2D eigenvalue weighted by Gasteiger charge is 2.31. The summed E-state index contributed by atoms with van der Waals surface area (Å²) in [6.45, 7) is 1.34. The molecule has 0 spiro atoms. The standard InChI is InChI=1S/C22H28N4O/c23-14-21(16-7-3-1-4-8-16)26-15-17-13-19(11-12-20(17)25-22(26)24)27-18-9-5-2-6-10-18/h2,5-6,9-13,16,21H,1,3-4,7-8,14-15,23H2,(H2,24,25)/t21-/m0/s1. The summed E-state index contributed by atoms with van der Waals surface area (Å²) in [6.07, 6.45) is 6.38.